The highest BCUT2D eigenvalue weighted by Crippen LogP contribution is 2.19. The predicted molar refractivity (Wildman–Crippen MR) is 81.4 cm³/mol. The van der Waals surface area contributed by atoms with E-state index in [0.717, 1.165) is 12.2 Å². The highest BCUT2D eigenvalue weighted by molar-refractivity contribution is 5.94. The Kier molecular flexibility index (Phi) is 4.00. The van der Waals surface area contributed by atoms with Gasteiger partial charge in [0.2, 0.25) is 0 Å². The Labute approximate surface area is 132 Å². The van der Waals surface area contributed by atoms with E-state index in [9.17, 15) is 4.79 Å². The first-order valence-corrected chi connectivity index (χ1v) is 7.37. The van der Waals surface area contributed by atoms with Crippen LogP contribution in [-0.2, 0) is 7.05 Å². The number of carbonyl (C=O) groups is 1. The Morgan fingerprint density at radius 3 is 2.87 bits per heavy atom. The van der Waals surface area contributed by atoms with Gasteiger partial charge in [-0.05, 0) is 34.9 Å². The summed E-state index contributed by atoms with van der Waals surface area (Å²) in [6.07, 6.45) is 3.86. The number of amides is 1. The van der Waals surface area contributed by atoms with E-state index in [2.05, 4.69) is 44.8 Å². The molecule has 0 spiro atoms. The van der Waals surface area contributed by atoms with E-state index in [4.69, 9.17) is 0 Å². The molecule has 3 rings (SSSR count). The third kappa shape index (κ3) is 3.17. The molecule has 0 radical (unpaired) electrons. The van der Waals surface area contributed by atoms with Crippen LogP contribution in [0.25, 0.3) is 5.65 Å². The number of pyridine rings is 1. The standard InChI is InChI=1S/C14H18N8O/c1-9(2)6-11(13-15-8-16-21(13)3)17-14(23)10-4-5-12-18-19-20-22(12)7-10/h4-5,7-9,11H,6H2,1-3H3,(H,17,23). The number of hydrogen-bond acceptors (Lipinski definition) is 6. The summed E-state index contributed by atoms with van der Waals surface area (Å²) in [7, 11) is 1.81. The molecule has 3 heterocycles. The maximum atomic E-state index is 12.6. The van der Waals surface area contributed by atoms with Crippen molar-refractivity contribution < 1.29 is 4.79 Å². The third-order valence-corrected chi connectivity index (χ3v) is 3.52. The van der Waals surface area contributed by atoms with Gasteiger partial charge in [0.15, 0.2) is 5.65 Å². The Morgan fingerprint density at radius 2 is 2.17 bits per heavy atom. The second-order valence-corrected chi connectivity index (χ2v) is 5.80. The molecule has 9 nitrogen and oxygen atoms in total. The maximum absolute atomic E-state index is 12.6. The van der Waals surface area contributed by atoms with Crippen LogP contribution in [0.2, 0.25) is 0 Å². The number of hydrogen-bond donors (Lipinski definition) is 1. The highest BCUT2D eigenvalue weighted by Gasteiger charge is 2.21. The zero-order chi connectivity index (χ0) is 16.4. The van der Waals surface area contributed by atoms with Crippen molar-refractivity contribution in [3.05, 3.63) is 36.0 Å². The minimum Gasteiger partial charge on any atom is -0.342 e. The number of rotatable bonds is 5. The molecule has 3 aromatic rings. The van der Waals surface area contributed by atoms with Crippen LogP contribution in [0.1, 0.15) is 42.5 Å². The largest absolute Gasteiger partial charge is 0.342 e. The molecular formula is C14H18N8O. The summed E-state index contributed by atoms with van der Waals surface area (Å²) in [6.45, 7) is 4.20. The van der Waals surface area contributed by atoms with Crippen molar-refractivity contribution in [3.8, 4) is 0 Å². The first-order chi connectivity index (χ1) is 11.0. The number of carbonyl (C=O) groups excluding carboxylic acids is 1. The minimum absolute atomic E-state index is 0.198. The van der Waals surface area contributed by atoms with Crippen molar-refractivity contribution in [2.24, 2.45) is 13.0 Å². The van der Waals surface area contributed by atoms with Crippen LogP contribution >= 0.6 is 0 Å². The number of tetrazole rings is 1. The van der Waals surface area contributed by atoms with E-state index < -0.39 is 0 Å². The fraction of sp³-hybridized carbons (Fsp3) is 0.429. The fourth-order valence-corrected chi connectivity index (χ4v) is 2.44. The molecule has 3 aromatic heterocycles. The number of aromatic nitrogens is 7. The van der Waals surface area contributed by atoms with Crippen molar-refractivity contribution in [1.82, 2.24) is 40.1 Å². The summed E-state index contributed by atoms with van der Waals surface area (Å²) in [6, 6.07) is 3.19. The van der Waals surface area contributed by atoms with Gasteiger partial charge in [0.1, 0.15) is 12.2 Å². The summed E-state index contributed by atoms with van der Waals surface area (Å²) in [5, 5.41) is 18.3. The molecule has 0 fully saturated rings. The van der Waals surface area contributed by atoms with Gasteiger partial charge in [0, 0.05) is 13.2 Å². The molecule has 0 saturated carbocycles. The molecule has 0 bridgehead atoms. The Hall–Kier alpha value is -2.84. The number of aryl methyl sites for hydroxylation is 1. The molecule has 0 saturated heterocycles. The van der Waals surface area contributed by atoms with Crippen LogP contribution < -0.4 is 5.32 Å². The van der Waals surface area contributed by atoms with Crippen LogP contribution in [0.15, 0.2) is 24.7 Å². The van der Waals surface area contributed by atoms with E-state index in [1.165, 1.54) is 10.8 Å². The summed E-state index contributed by atoms with van der Waals surface area (Å²) >= 11 is 0. The first-order valence-electron chi connectivity index (χ1n) is 7.37. The van der Waals surface area contributed by atoms with Gasteiger partial charge in [-0.15, -0.1) is 5.10 Å². The second-order valence-electron chi connectivity index (χ2n) is 5.80. The molecule has 1 amide bonds. The molecule has 1 unspecified atom stereocenters. The zero-order valence-corrected chi connectivity index (χ0v) is 13.2. The lowest BCUT2D eigenvalue weighted by molar-refractivity contribution is 0.0928. The Bertz CT molecular complexity index is 821. The lowest BCUT2D eigenvalue weighted by Gasteiger charge is -2.19. The number of nitrogens with zero attached hydrogens (tertiary/aromatic N) is 7. The zero-order valence-electron chi connectivity index (χ0n) is 13.2. The van der Waals surface area contributed by atoms with E-state index in [1.54, 1.807) is 23.0 Å². The molecular weight excluding hydrogens is 296 g/mol. The van der Waals surface area contributed by atoms with Crippen LogP contribution in [0.4, 0.5) is 0 Å². The lowest BCUT2D eigenvalue weighted by Crippen LogP contribution is -2.31. The number of nitrogens with one attached hydrogen (secondary N) is 1. The van der Waals surface area contributed by atoms with Gasteiger partial charge in [-0.1, -0.05) is 13.8 Å². The van der Waals surface area contributed by atoms with Gasteiger partial charge < -0.3 is 5.32 Å². The van der Waals surface area contributed by atoms with E-state index in [1.807, 2.05) is 7.05 Å². The molecule has 0 aliphatic rings. The number of fused-ring (bicyclic) bond motifs is 1. The van der Waals surface area contributed by atoms with Crippen molar-refractivity contribution in [2.75, 3.05) is 0 Å². The molecule has 120 valence electrons. The SMILES string of the molecule is CC(C)CC(NC(=O)c1ccc2nnnn2c1)c1ncnn1C. The third-order valence-electron chi connectivity index (χ3n) is 3.52. The predicted octanol–water partition coefficient (Wildman–Crippen LogP) is 0.770. The molecule has 9 heteroatoms. The van der Waals surface area contributed by atoms with Crippen LogP contribution in [-0.4, -0.2) is 40.7 Å². The average Bonchev–Trinajstić information content (AvgIpc) is 3.13. The molecule has 0 aliphatic carbocycles. The molecule has 23 heavy (non-hydrogen) atoms. The van der Waals surface area contributed by atoms with E-state index >= 15 is 0 Å². The van der Waals surface area contributed by atoms with Crippen molar-refractivity contribution >= 4 is 11.6 Å². The molecule has 0 aliphatic heterocycles. The normalized spacial score (nSPS) is 12.7. The maximum Gasteiger partial charge on any atom is 0.253 e. The van der Waals surface area contributed by atoms with Gasteiger partial charge in [-0.25, -0.2) is 4.98 Å². The van der Waals surface area contributed by atoms with E-state index in [-0.39, 0.29) is 11.9 Å². The first kappa shape index (κ1) is 15.1. The van der Waals surface area contributed by atoms with Gasteiger partial charge in [-0.2, -0.15) is 9.61 Å². The summed E-state index contributed by atoms with van der Waals surface area (Å²) in [5.74, 6) is 0.936. The second kappa shape index (κ2) is 6.11. The highest BCUT2D eigenvalue weighted by atomic mass is 16.1. The smallest absolute Gasteiger partial charge is 0.253 e. The summed E-state index contributed by atoms with van der Waals surface area (Å²) in [5.41, 5.74) is 1.08. The van der Waals surface area contributed by atoms with Gasteiger partial charge in [0.25, 0.3) is 5.91 Å². The lowest BCUT2D eigenvalue weighted by atomic mass is 10.0. The van der Waals surface area contributed by atoms with Crippen LogP contribution in [0, 0.1) is 5.92 Å². The van der Waals surface area contributed by atoms with Gasteiger partial charge in [0.05, 0.1) is 11.6 Å². The van der Waals surface area contributed by atoms with Crippen molar-refractivity contribution in [2.45, 2.75) is 26.3 Å². The summed E-state index contributed by atoms with van der Waals surface area (Å²) in [4.78, 5) is 16.8. The monoisotopic (exact) mass is 314 g/mol. The Balaban J connectivity index is 1.83. The molecule has 1 N–H and O–H groups in total. The van der Waals surface area contributed by atoms with Crippen LogP contribution in [0.5, 0.6) is 0 Å². The van der Waals surface area contributed by atoms with Gasteiger partial charge in [-0.3, -0.25) is 9.48 Å². The van der Waals surface area contributed by atoms with Crippen molar-refractivity contribution in [3.63, 3.8) is 0 Å². The topological polar surface area (TPSA) is 103 Å². The minimum atomic E-state index is -0.209. The Morgan fingerprint density at radius 1 is 1.35 bits per heavy atom. The van der Waals surface area contributed by atoms with Crippen LogP contribution in [0.3, 0.4) is 0 Å². The summed E-state index contributed by atoms with van der Waals surface area (Å²) < 4.78 is 3.15. The average molecular weight is 314 g/mol. The van der Waals surface area contributed by atoms with Crippen molar-refractivity contribution in [1.29, 1.82) is 0 Å². The van der Waals surface area contributed by atoms with E-state index in [0.29, 0.717) is 17.1 Å². The molecule has 1 atom stereocenters. The molecule has 0 aromatic carbocycles. The quantitative estimate of drug-likeness (QED) is 0.746. The van der Waals surface area contributed by atoms with Gasteiger partial charge >= 0.3 is 0 Å². The fourth-order valence-electron chi connectivity index (χ4n) is 2.44.